The van der Waals surface area contributed by atoms with E-state index < -0.39 is 12.0 Å². The van der Waals surface area contributed by atoms with Crippen molar-refractivity contribution < 1.29 is 13.2 Å². The average Bonchev–Trinajstić information content (AvgIpc) is 2.68. The smallest absolute Gasteiger partial charge is 0.169 e. The Balaban J connectivity index is 2.39. The first-order valence-corrected chi connectivity index (χ1v) is 5.11. The summed E-state index contributed by atoms with van der Waals surface area (Å²) in [7, 11) is 1.70. The zero-order valence-electron chi connectivity index (χ0n) is 9.13. The topological polar surface area (TPSA) is 25.2 Å². The van der Waals surface area contributed by atoms with Crippen LogP contribution in [0, 0.1) is 5.82 Å². The normalized spacial score (nSPS) is 15.2. The van der Waals surface area contributed by atoms with Crippen LogP contribution in [-0.2, 0) is 0 Å². The van der Waals surface area contributed by atoms with Crippen LogP contribution in [0.15, 0.2) is 28.9 Å². The van der Waals surface area contributed by atoms with Gasteiger partial charge >= 0.3 is 0 Å². The van der Waals surface area contributed by atoms with Gasteiger partial charge in [0.25, 0.3) is 0 Å². The minimum absolute atomic E-state index is 0.294. The summed E-state index contributed by atoms with van der Waals surface area (Å²) in [6.07, 6.45) is -0.106. The molecule has 2 nitrogen and oxygen atoms in total. The van der Waals surface area contributed by atoms with Gasteiger partial charge in [-0.25, -0.2) is 8.78 Å². The molecule has 2 atom stereocenters. The quantitative estimate of drug-likeness (QED) is 0.867. The van der Waals surface area contributed by atoms with E-state index in [4.69, 9.17) is 4.42 Å². The number of halogens is 2. The summed E-state index contributed by atoms with van der Waals surface area (Å²) in [6, 6.07) is 4.37. The third kappa shape index (κ3) is 1.80. The zero-order chi connectivity index (χ0) is 11.7. The Morgan fingerprint density at radius 3 is 2.81 bits per heavy atom. The van der Waals surface area contributed by atoms with Crippen LogP contribution in [0.4, 0.5) is 8.78 Å². The summed E-state index contributed by atoms with van der Waals surface area (Å²) in [6.45, 7) is 1.75. The van der Waals surface area contributed by atoms with E-state index in [1.165, 1.54) is 6.07 Å². The lowest BCUT2D eigenvalue weighted by Gasteiger charge is -2.15. The molecule has 1 aromatic carbocycles. The van der Waals surface area contributed by atoms with Crippen molar-refractivity contribution in [1.82, 2.24) is 5.32 Å². The van der Waals surface area contributed by atoms with Gasteiger partial charge in [-0.05, 0) is 31.7 Å². The Bertz CT molecular complexity index is 495. The molecular formula is C12H13F2NO. The largest absolute Gasteiger partial charge is 0.461 e. The van der Waals surface area contributed by atoms with Crippen molar-refractivity contribution in [2.24, 2.45) is 0 Å². The Morgan fingerprint density at radius 2 is 2.12 bits per heavy atom. The third-order valence-corrected chi connectivity index (χ3v) is 2.77. The van der Waals surface area contributed by atoms with Gasteiger partial charge in [0.05, 0.1) is 5.39 Å². The van der Waals surface area contributed by atoms with E-state index in [1.807, 2.05) is 0 Å². The van der Waals surface area contributed by atoms with Crippen LogP contribution in [-0.4, -0.2) is 13.1 Å². The van der Waals surface area contributed by atoms with Crippen LogP contribution in [0.5, 0.6) is 0 Å². The molecule has 2 aromatic rings. The van der Waals surface area contributed by atoms with Gasteiger partial charge < -0.3 is 9.73 Å². The molecule has 0 aliphatic carbocycles. The minimum Gasteiger partial charge on any atom is -0.461 e. The SMILES string of the molecule is CNC(C)C(F)c1ccc2c(F)coc2c1. The molecule has 0 aliphatic rings. The van der Waals surface area contributed by atoms with Crippen LogP contribution < -0.4 is 5.32 Å². The first kappa shape index (κ1) is 11.1. The van der Waals surface area contributed by atoms with Gasteiger partial charge in [0.2, 0.25) is 0 Å². The zero-order valence-corrected chi connectivity index (χ0v) is 9.13. The average molecular weight is 225 g/mol. The van der Waals surface area contributed by atoms with Crippen molar-refractivity contribution in [3.8, 4) is 0 Å². The second kappa shape index (κ2) is 4.22. The summed E-state index contributed by atoms with van der Waals surface area (Å²) in [5.41, 5.74) is 0.865. The molecule has 1 aromatic heterocycles. The fraction of sp³-hybridized carbons (Fsp3) is 0.333. The second-order valence-electron chi connectivity index (χ2n) is 3.82. The molecule has 86 valence electrons. The predicted octanol–water partition coefficient (Wildman–Crippen LogP) is 3.19. The fourth-order valence-corrected chi connectivity index (χ4v) is 1.62. The van der Waals surface area contributed by atoms with Crippen LogP contribution in [0.1, 0.15) is 18.7 Å². The molecule has 0 fully saturated rings. The molecule has 0 spiro atoms. The van der Waals surface area contributed by atoms with E-state index in [0.29, 0.717) is 16.5 Å². The van der Waals surface area contributed by atoms with E-state index in [0.717, 1.165) is 6.26 Å². The summed E-state index contributed by atoms with van der Waals surface area (Å²) < 4.78 is 32.0. The van der Waals surface area contributed by atoms with E-state index >= 15 is 0 Å². The number of nitrogens with one attached hydrogen (secondary N) is 1. The van der Waals surface area contributed by atoms with Crippen molar-refractivity contribution in [2.45, 2.75) is 19.1 Å². The van der Waals surface area contributed by atoms with Crippen molar-refractivity contribution in [1.29, 1.82) is 0 Å². The van der Waals surface area contributed by atoms with Gasteiger partial charge in [0.1, 0.15) is 18.0 Å². The number of hydrogen-bond donors (Lipinski definition) is 1. The monoisotopic (exact) mass is 225 g/mol. The van der Waals surface area contributed by atoms with E-state index in [-0.39, 0.29) is 6.04 Å². The molecule has 0 saturated carbocycles. The molecule has 1 heterocycles. The highest BCUT2D eigenvalue weighted by Gasteiger charge is 2.18. The lowest BCUT2D eigenvalue weighted by Crippen LogP contribution is -2.26. The highest BCUT2D eigenvalue weighted by molar-refractivity contribution is 5.78. The van der Waals surface area contributed by atoms with E-state index in [1.54, 1.807) is 26.1 Å². The summed E-state index contributed by atoms with van der Waals surface area (Å²) >= 11 is 0. The Kier molecular flexibility index (Phi) is 2.92. The van der Waals surface area contributed by atoms with Crippen LogP contribution in [0.3, 0.4) is 0 Å². The molecule has 16 heavy (non-hydrogen) atoms. The molecule has 0 aliphatic heterocycles. The number of rotatable bonds is 3. The molecule has 0 amide bonds. The molecule has 1 N–H and O–H groups in total. The van der Waals surface area contributed by atoms with Crippen LogP contribution in [0.2, 0.25) is 0 Å². The van der Waals surface area contributed by atoms with Gasteiger partial charge in [0, 0.05) is 6.04 Å². The fourth-order valence-electron chi connectivity index (χ4n) is 1.62. The van der Waals surface area contributed by atoms with Crippen LogP contribution >= 0.6 is 0 Å². The van der Waals surface area contributed by atoms with Crippen molar-refractivity contribution in [3.05, 3.63) is 35.8 Å². The number of furan rings is 1. The molecule has 4 heteroatoms. The summed E-state index contributed by atoms with van der Waals surface area (Å²) in [5, 5.41) is 3.22. The summed E-state index contributed by atoms with van der Waals surface area (Å²) in [5.74, 6) is -0.418. The molecule has 2 rings (SSSR count). The Hall–Kier alpha value is -1.42. The van der Waals surface area contributed by atoms with Gasteiger partial charge in [-0.1, -0.05) is 6.07 Å². The minimum atomic E-state index is -1.14. The third-order valence-electron chi connectivity index (χ3n) is 2.77. The lowest BCUT2D eigenvalue weighted by molar-refractivity contribution is 0.275. The number of fused-ring (bicyclic) bond motifs is 1. The number of hydrogen-bond acceptors (Lipinski definition) is 2. The molecule has 0 bridgehead atoms. The maximum Gasteiger partial charge on any atom is 0.169 e. The standard InChI is InChI=1S/C12H13F2NO/c1-7(15-2)12(14)8-3-4-9-10(13)6-16-11(9)5-8/h3-7,12,15H,1-2H3. The molecule has 0 saturated heterocycles. The number of benzene rings is 1. The molecule has 0 radical (unpaired) electrons. The Morgan fingerprint density at radius 1 is 1.38 bits per heavy atom. The highest BCUT2D eigenvalue weighted by atomic mass is 19.1. The van der Waals surface area contributed by atoms with E-state index in [9.17, 15) is 8.78 Å². The van der Waals surface area contributed by atoms with Crippen molar-refractivity contribution in [3.63, 3.8) is 0 Å². The van der Waals surface area contributed by atoms with Crippen LogP contribution in [0.25, 0.3) is 11.0 Å². The molecule has 2 unspecified atom stereocenters. The maximum atomic E-state index is 13.9. The lowest BCUT2D eigenvalue weighted by atomic mass is 10.0. The maximum absolute atomic E-state index is 13.9. The van der Waals surface area contributed by atoms with Crippen molar-refractivity contribution in [2.75, 3.05) is 7.05 Å². The Labute approximate surface area is 92.2 Å². The molecular weight excluding hydrogens is 212 g/mol. The number of likely N-dealkylation sites (N-methyl/N-ethyl adjacent to an activating group) is 1. The predicted molar refractivity (Wildman–Crippen MR) is 58.5 cm³/mol. The summed E-state index contributed by atoms with van der Waals surface area (Å²) in [4.78, 5) is 0. The van der Waals surface area contributed by atoms with Gasteiger partial charge in [-0.15, -0.1) is 0 Å². The second-order valence-corrected chi connectivity index (χ2v) is 3.82. The van der Waals surface area contributed by atoms with Crippen molar-refractivity contribution >= 4 is 11.0 Å². The first-order chi connectivity index (χ1) is 7.63. The van der Waals surface area contributed by atoms with Gasteiger partial charge in [-0.2, -0.15) is 0 Å². The first-order valence-electron chi connectivity index (χ1n) is 5.11. The van der Waals surface area contributed by atoms with E-state index in [2.05, 4.69) is 5.32 Å². The highest BCUT2D eigenvalue weighted by Crippen LogP contribution is 2.27. The number of alkyl halides is 1. The van der Waals surface area contributed by atoms with Gasteiger partial charge in [-0.3, -0.25) is 0 Å². The van der Waals surface area contributed by atoms with Gasteiger partial charge in [0.15, 0.2) is 5.82 Å².